The van der Waals surface area contributed by atoms with Gasteiger partial charge in [-0.1, -0.05) is 6.92 Å². The van der Waals surface area contributed by atoms with Crippen LogP contribution in [0.1, 0.15) is 6.92 Å². The lowest BCUT2D eigenvalue weighted by atomic mass is 9.92. The molecule has 1 aliphatic heterocycles. The minimum absolute atomic E-state index is 0.106. The molecule has 3 unspecified atom stereocenters. The SMILES string of the molecule is C[C@@H]1C(CO)OCC(O)C1O. The quantitative estimate of drug-likeness (QED) is 0.450. The molecule has 1 heterocycles. The number of aliphatic hydroxyl groups excluding tert-OH is 3. The van der Waals surface area contributed by atoms with Crippen LogP contribution >= 0.6 is 0 Å². The summed E-state index contributed by atoms with van der Waals surface area (Å²) >= 11 is 0. The van der Waals surface area contributed by atoms with Gasteiger partial charge in [-0.3, -0.25) is 0 Å². The summed E-state index contributed by atoms with van der Waals surface area (Å²) in [6.45, 7) is 1.75. The summed E-state index contributed by atoms with van der Waals surface area (Å²) in [6, 6.07) is 0. The Balaban J connectivity index is 2.52. The van der Waals surface area contributed by atoms with Crippen LogP contribution in [0.5, 0.6) is 0 Å². The van der Waals surface area contributed by atoms with E-state index in [1.54, 1.807) is 6.92 Å². The van der Waals surface area contributed by atoms with Gasteiger partial charge < -0.3 is 20.1 Å². The summed E-state index contributed by atoms with van der Waals surface area (Å²) in [5.41, 5.74) is 0. The van der Waals surface area contributed by atoms with Crippen LogP contribution < -0.4 is 0 Å². The molecule has 0 radical (unpaired) electrons. The molecule has 1 saturated heterocycles. The molecule has 0 amide bonds. The zero-order valence-corrected chi connectivity index (χ0v) is 6.47. The van der Waals surface area contributed by atoms with Crippen molar-refractivity contribution >= 4 is 0 Å². The second-order valence-corrected chi connectivity index (χ2v) is 2.97. The minimum Gasteiger partial charge on any atom is -0.394 e. The zero-order valence-electron chi connectivity index (χ0n) is 6.47. The van der Waals surface area contributed by atoms with Gasteiger partial charge in [0.2, 0.25) is 0 Å². The maximum Gasteiger partial charge on any atom is 0.104 e. The van der Waals surface area contributed by atoms with E-state index in [-0.39, 0.29) is 25.2 Å². The van der Waals surface area contributed by atoms with E-state index in [2.05, 4.69) is 0 Å². The molecule has 4 heteroatoms. The molecule has 4 nitrogen and oxygen atoms in total. The van der Waals surface area contributed by atoms with E-state index in [0.29, 0.717) is 0 Å². The Morgan fingerprint density at radius 3 is 2.64 bits per heavy atom. The molecule has 1 aliphatic rings. The highest BCUT2D eigenvalue weighted by Crippen LogP contribution is 2.20. The maximum atomic E-state index is 9.31. The highest BCUT2D eigenvalue weighted by molar-refractivity contribution is 4.83. The van der Waals surface area contributed by atoms with Crippen molar-refractivity contribution in [1.82, 2.24) is 0 Å². The molecule has 1 rings (SSSR count). The highest BCUT2D eigenvalue weighted by atomic mass is 16.5. The molecule has 0 aromatic rings. The molecule has 4 atom stereocenters. The molecule has 0 aliphatic carbocycles. The first-order valence-electron chi connectivity index (χ1n) is 3.75. The van der Waals surface area contributed by atoms with Gasteiger partial charge in [-0.15, -0.1) is 0 Å². The van der Waals surface area contributed by atoms with Crippen LogP contribution in [-0.4, -0.2) is 46.8 Å². The predicted molar refractivity (Wildman–Crippen MR) is 38.0 cm³/mol. The van der Waals surface area contributed by atoms with E-state index in [1.807, 2.05) is 0 Å². The van der Waals surface area contributed by atoms with Crippen molar-refractivity contribution in [1.29, 1.82) is 0 Å². The van der Waals surface area contributed by atoms with Crippen molar-refractivity contribution in [3.05, 3.63) is 0 Å². The van der Waals surface area contributed by atoms with Crippen LogP contribution in [0.3, 0.4) is 0 Å². The average Bonchev–Trinajstić information content (AvgIpc) is 2.01. The summed E-state index contributed by atoms with van der Waals surface area (Å²) in [5.74, 6) is -0.205. The van der Waals surface area contributed by atoms with Crippen molar-refractivity contribution in [3.63, 3.8) is 0 Å². The van der Waals surface area contributed by atoms with E-state index in [0.717, 1.165) is 0 Å². The normalized spacial score (nSPS) is 45.8. The maximum absolute atomic E-state index is 9.31. The van der Waals surface area contributed by atoms with Gasteiger partial charge in [0.25, 0.3) is 0 Å². The van der Waals surface area contributed by atoms with E-state index in [9.17, 15) is 5.11 Å². The lowest BCUT2D eigenvalue weighted by Crippen LogP contribution is -2.49. The Labute approximate surface area is 65.4 Å². The van der Waals surface area contributed by atoms with Gasteiger partial charge in [0.05, 0.1) is 25.4 Å². The lowest BCUT2D eigenvalue weighted by Gasteiger charge is -2.35. The fourth-order valence-electron chi connectivity index (χ4n) is 1.26. The molecule has 0 bridgehead atoms. The number of hydrogen-bond acceptors (Lipinski definition) is 4. The largest absolute Gasteiger partial charge is 0.394 e. The van der Waals surface area contributed by atoms with E-state index in [4.69, 9.17) is 14.9 Å². The zero-order chi connectivity index (χ0) is 8.43. The van der Waals surface area contributed by atoms with Gasteiger partial charge in [0.1, 0.15) is 6.10 Å². The molecule has 1 fully saturated rings. The van der Waals surface area contributed by atoms with Gasteiger partial charge in [-0.05, 0) is 0 Å². The molecule has 0 spiro atoms. The third kappa shape index (κ3) is 1.70. The first kappa shape index (κ1) is 8.93. The third-order valence-electron chi connectivity index (χ3n) is 2.18. The van der Waals surface area contributed by atoms with E-state index >= 15 is 0 Å². The second-order valence-electron chi connectivity index (χ2n) is 2.97. The molecule has 0 saturated carbocycles. The van der Waals surface area contributed by atoms with Crippen LogP contribution in [0.2, 0.25) is 0 Å². The first-order valence-corrected chi connectivity index (χ1v) is 3.75. The highest BCUT2D eigenvalue weighted by Gasteiger charge is 2.34. The summed E-state index contributed by atoms with van der Waals surface area (Å²) in [4.78, 5) is 0. The predicted octanol–water partition coefficient (Wildman–Crippen LogP) is -1.26. The average molecular weight is 162 g/mol. The summed E-state index contributed by atoms with van der Waals surface area (Å²) in [6.07, 6.45) is -1.93. The molecule has 0 aromatic heterocycles. The van der Waals surface area contributed by atoms with Gasteiger partial charge in [0, 0.05) is 5.92 Å². The molecule has 3 N–H and O–H groups in total. The van der Waals surface area contributed by atoms with Crippen molar-refractivity contribution < 1.29 is 20.1 Å². The van der Waals surface area contributed by atoms with Crippen molar-refractivity contribution in [2.75, 3.05) is 13.2 Å². The van der Waals surface area contributed by atoms with E-state index in [1.165, 1.54) is 0 Å². The van der Waals surface area contributed by atoms with Crippen LogP contribution in [0.15, 0.2) is 0 Å². The Bertz CT molecular complexity index is 126. The number of aliphatic hydroxyl groups is 3. The Morgan fingerprint density at radius 2 is 2.09 bits per heavy atom. The summed E-state index contributed by atoms with van der Waals surface area (Å²) in [7, 11) is 0. The molecular formula is C7H14O4. The second kappa shape index (κ2) is 3.49. The minimum atomic E-state index is -0.812. The topological polar surface area (TPSA) is 69.9 Å². The number of hydrogen-bond donors (Lipinski definition) is 3. The smallest absolute Gasteiger partial charge is 0.104 e. The van der Waals surface area contributed by atoms with Gasteiger partial charge in [-0.25, -0.2) is 0 Å². The lowest BCUT2D eigenvalue weighted by molar-refractivity contribution is -0.163. The number of rotatable bonds is 1. The van der Waals surface area contributed by atoms with Crippen LogP contribution in [-0.2, 0) is 4.74 Å². The fourth-order valence-corrected chi connectivity index (χ4v) is 1.26. The van der Waals surface area contributed by atoms with Crippen LogP contribution in [0.25, 0.3) is 0 Å². The molecule has 0 aromatic carbocycles. The molecule has 66 valence electrons. The van der Waals surface area contributed by atoms with Gasteiger partial charge in [0.15, 0.2) is 0 Å². The van der Waals surface area contributed by atoms with Gasteiger partial charge in [-0.2, -0.15) is 0 Å². The number of ether oxygens (including phenoxy) is 1. The first-order chi connectivity index (χ1) is 5.16. The standard InChI is InChI=1S/C7H14O4/c1-4-6(2-8)11-3-5(9)7(4)10/h4-10H,2-3H2,1H3/t4-,5?,6?,7?/m1/s1. The van der Waals surface area contributed by atoms with Crippen LogP contribution in [0.4, 0.5) is 0 Å². The van der Waals surface area contributed by atoms with Crippen molar-refractivity contribution in [2.24, 2.45) is 5.92 Å². The van der Waals surface area contributed by atoms with Crippen molar-refractivity contribution in [2.45, 2.75) is 25.2 Å². The van der Waals surface area contributed by atoms with Gasteiger partial charge >= 0.3 is 0 Å². The third-order valence-corrected chi connectivity index (χ3v) is 2.18. The Morgan fingerprint density at radius 1 is 1.45 bits per heavy atom. The van der Waals surface area contributed by atoms with Crippen molar-refractivity contribution in [3.8, 4) is 0 Å². The van der Waals surface area contributed by atoms with Crippen LogP contribution in [0, 0.1) is 5.92 Å². The monoisotopic (exact) mass is 162 g/mol. The molecule has 11 heavy (non-hydrogen) atoms. The Hall–Kier alpha value is -0.160. The fraction of sp³-hybridized carbons (Fsp3) is 1.00. The summed E-state index contributed by atoms with van der Waals surface area (Å²) in [5, 5.41) is 27.2. The summed E-state index contributed by atoms with van der Waals surface area (Å²) < 4.78 is 5.06. The molecular weight excluding hydrogens is 148 g/mol. The Kier molecular flexibility index (Phi) is 2.84. The van der Waals surface area contributed by atoms with E-state index < -0.39 is 12.2 Å².